The molecule has 80 valence electrons. The molecule has 4 heteroatoms. The standard InChI is InChI=1S/C10H15ClN2.ClH/c1-7-6-8(2-3-9(7)11)10(13)4-5-12;/h2-3,6,10H,4-5,12-13H2,1H3;1H/t10-;/m0./s1. The fraction of sp³-hybridized carbons (Fsp3) is 0.400. The van der Waals surface area contributed by atoms with Crippen LogP contribution in [-0.4, -0.2) is 6.54 Å². The van der Waals surface area contributed by atoms with Crippen LogP contribution in [0.2, 0.25) is 5.02 Å². The second-order valence-corrected chi connectivity index (χ2v) is 3.60. The maximum atomic E-state index is 5.90. The maximum Gasteiger partial charge on any atom is 0.0435 e. The summed E-state index contributed by atoms with van der Waals surface area (Å²) in [5.41, 5.74) is 13.5. The lowest BCUT2D eigenvalue weighted by molar-refractivity contribution is 0.661. The van der Waals surface area contributed by atoms with Gasteiger partial charge >= 0.3 is 0 Å². The molecule has 0 saturated heterocycles. The van der Waals surface area contributed by atoms with E-state index in [2.05, 4.69) is 0 Å². The Bertz CT molecular complexity index is 289. The molecule has 0 spiro atoms. The predicted molar refractivity (Wildman–Crippen MR) is 64.0 cm³/mol. The molecule has 1 aromatic carbocycles. The van der Waals surface area contributed by atoms with Gasteiger partial charge < -0.3 is 11.5 Å². The lowest BCUT2D eigenvalue weighted by Gasteiger charge is -2.11. The minimum atomic E-state index is 0. The number of benzene rings is 1. The van der Waals surface area contributed by atoms with Crippen LogP contribution in [0.4, 0.5) is 0 Å². The summed E-state index contributed by atoms with van der Waals surface area (Å²) in [4.78, 5) is 0. The maximum absolute atomic E-state index is 5.90. The van der Waals surface area contributed by atoms with Gasteiger partial charge in [-0.05, 0) is 37.1 Å². The Labute approximate surface area is 96.0 Å². The molecular formula is C10H16Cl2N2. The third-order valence-corrected chi connectivity index (χ3v) is 2.51. The highest BCUT2D eigenvalue weighted by atomic mass is 35.5. The molecule has 1 rings (SSSR count). The molecule has 0 fully saturated rings. The first-order valence-corrected chi connectivity index (χ1v) is 4.74. The summed E-state index contributed by atoms with van der Waals surface area (Å²) < 4.78 is 0. The van der Waals surface area contributed by atoms with Crippen LogP contribution in [0.1, 0.15) is 23.6 Å². The number of aryl methyl sites for hydroxylation is 1. The molecule has 0 unspecified atom stereocenters. The van der Waals surface area contributed by atoms with Crippen LogP contribution >= 0.6 is 24.0 Å². The van der Waals surface area contributed by atoms with Crippen molar-refractivity contribution in [1.82, 2.24) is 0 Å². The molecule has 0 radical (unpaired) electrons. The fourth-order valence-corrected chi connectivity index (χ4v) is 1.36. The summed E-state index contributed by atoms with van der Waals surface area (Å²) in [7, 11) is 0. The highest BCUT2D eigenvalue weighted by Crippen LogP contribution is 2.20. The van der Waals surface area contributed by atoms with Crippen LogP contribution in [0, 0.1) is 6.92 Å². The monoisotopic (exact) mass is 234 g/mol. The molecule has 2 nitrogen and oxygen atoms in total. The summed E-state index contributed by atoms with van der Waals surface area (Å²) in [5.74, 6) is 0. The van der Waals surface area contributed by atoms with Gasteiger partial charge in [0.05, 0.1) is 0 Å². The quantitative estimate of drug-likeness (QED) is 0.845. The highest BCUT2D eigenvalue weighted by molar-refractivity contribution is 6.31. The van der Waals surface area contributed by atoms with Crippen molar-refractivity contribution in [2.24, 2.45) is 11.5 Å². The van der Waals surface area contributed by atoms with Gasteiger partial charge in [0.1, 0.15) is 0 Å². The second kappa shape index (κ2) is 6.25. The van der Waals surface area contributed by atoms with Crippen molar-refractivity contribution in [3.05, 3.63) is 34.3 Å². The molecule has 0 amide bonds. The first-order chi connectivity index (χ1) is 6.15. The van der Waals surface area contributed by atoms with Gasteiger partial charge in [-0.25, -0.2) is 0 Å². The van der Waals surface area contributed by atoms with E-state index in [4.69, 9.17) is 23.1 Å². The summed E-state index contributed by atoms with van der Waals surface area (Å²) in [5, 5.41) is 0.781. The summed E-state index contributed by atoms with van der Waals surface area (Å²) in [6.45, 7) is 2.59. The van der Waals surface area contributed by atoms with Crippen molar-refractivity contribution >= 4 is 24.0 Å². The molecule has 0 aromatic heterocycles. The zero-order chi connectivity index (χ0) is 9.84. The van der Waals surface area contributed by atoms with E-state index >= 15 is 0 Å². The van der Waals surface area contributed by atoms with E-state index < -0.39 is 0 Å². The Balaban J connectivity index is 0.00000169. The minimum Gasteiger partial charge on any atom is -0.330 e. The Morgan fingerprint density at radius 3 is 2.57 bits per heavy atom. The molecule has 0 bridgehead atoms. The SMILES string of the molecule is Cc1cc([C@@H](N)CCN)ccc1Cl.Cl. The molecular weight excluding hydrogens is 219 g/mol. The summed E-state index contributed by atoms with van der Waals surface area (Å²) in [6.07, 6.45) is 0.807. The van der Waals surface area contributed by atoms with Crippen molar-refractivity contribution in [2.45, 2.75) is 19.4 Å². The number of hydrogen-bond acceptors (Lipinski definition) is 2. The zero-order valence-electron chi connectivity index (χ0n) is 8.16. The molecule has 0 saturated carbocycles. The lowest BCUT2D eigenvalue weighted by Crippen LogP contribution is -2.15. The van der Waals surface area contributed by atoms with Crippen LogP contribution < -0.4 is 11.5 Å². The van der Waals surface area contributed by atoms with Gasteiger partial charge in [0.25, 0.3) is 0 Å². The third kappa shape index (κ3) is 3.46. The van der Waals surface area contributed by atoms with E-state index in [0.29, 0.717) is 6.54 Å². The normalized spacial score (nSPS) is 12.0. The number of nitrogens with two attached hydrogens (primary N) is 2. The van der Waals surface area contributed by atoms with E-state index in [0.717, 1.165) is 22.6 Å². The van der Waals surface area contributed by atoms with E-state index in [1.54, 1.807) is 0 Å². The molecule has 0 aliphatic carbocycles. The van der Waals surface area contributed by atoms with Crippen LogP contribution in [-0.2, 0) is 0 Å². The second-order valence-electron chi connectivity index (χ2n) is 3.19. The van der Waals surface area contributed by atoms with Crippen molar-refractivity contribution in [3.8, 4) is 0 Å². The van der Waals surface area contributed by atoms with E-state index in [9.17, 15) is 0 Å². The lowest BCUT2D eigenvalue weighted by atomic mass is 10.0. The number of rotatable bonds is 3. The predicted octanol–water partition coefficient (Wildman–Crippen LogP) is 2.42. The minimum absolute atomic E-state index is 0. The molecule has 0 aliphatic heterocycles. The third-order valence-electron chi connectivity index (χ3n) is 2.09. The zero-order valence-corrected chi connectivity index (χ0v) is 9.74. The summed E-state index contributed by atoms with van der Waals surface area (Å²) >= 11 is 5.90. The Hall–Kier alpha value is -0.280. The Morgan fingerprint density at radius 2 is 2.07 bits per heavy atom. The Kier molecular flexibility index (Phi) is 6.12. The van der Waals surface area contributed by atoms with Crippen molar-refractivity contribution < 1.29 is 0 Å². The van der Waals surface area contributed by atoms with Crippen LogP contribution in [0.15, 0.2) is 18.2 Å². The van der Waals surface area contributed by atoms with Crippen molar-refractivity contribution in [1.29, 1.82) is 0 Å². The van der Waals surface area contributed by atoms with Gasteiger partial charge in [0, 0.05) is 11.1 Å². The molecule has 0 aliphatic rings. The van der Waals surface area contributed by atoms with Crippen LogP contribution in [0.3, 0.4) is 0 Å². The molecule has 0 heterocycles. The molecule has 1 aromatic rings. The average Bonchev–Trinajstić information content (AvgIpc) is 2.10. The van der Waals surface area contributed by atoms with E-state index in [1.807, 2.05) is 25.1 Å². The fourth-order valence-electron chi connectivity index (χ4n) is 1.24. The van der Waals surface area contributed by atoms with Gasteiger partial charge in [0.15, 0.2) is 0 Å². The van der Waals surface area contributed by atoms with Gasteiger partial charge in [-0.15, -0.1) is 12.4 Å². The first-order valence-electron chi connectivity index (χ1n) is 4.37. The van der Waals surface area contributed by atoms with Crippen molar-refractivity contribution in [3.63, 3.8) is 0 Å². The van der Waals surface area contributed by atoms with Crippen molar-refractivity contribution in [2.75, 3.05) is 6.54 Å². The van der Waals surface area contributed by atoms with Gasteiger partial charge in [-0.2, -0.15) is 0 Å². The molecule has 4 N–H and O–H groups in total. The van der Waals surface area contributed by atoms with E-state index in [1.165, 1.54) is 0 Å². The summed E-state index contributed by atoms with van der Waals surface area (Å²) in [6, 6.07) is 5.88. The first kappa shape index (κ1) is 13.7. The van der Waals surface area contributed by atoms with E-state index in [-0.39, 0.29) is 18.4 Å². The topological polar surface area (TPSA) is 52.0 Å². The largest absolute Gasteiger partial charge is 0.330 e. The van der Waals surface area contributed by atoms with Gasteiger partial charge in [0.2, 0.25) is 0 Å². The number of hydrogen-bond donors (Lipinski definition) is 2. The van der Waals surface area contributed by atoms with Gasteiger partial charge in [-0.1, -0.05) is 23.7 Å². The van der Waals surface area contributed by atoms with Crippen LogP contribution in [0.25, 0.3) is 0 Å². The van der Waals surface area contributed by atoms with Crippen LogP contribution in [0.5, 0.6) is 0 Å². The average molecular weight is 235 g/mol. The Morgan fingerprint density at radius 1 is 1.43 bits per heavy atom. The number of halogens is 2. The molecule has 14 heavy (non-hydrogen) atoms. The smallest absolute Gasteiger partial charge is 0.0435 e. The highest BCUT2D eigenvalue weighted by Gasteiger charge is 2.05. The van der Waals surface area contributed by atoms with Gasteiger partial charge in [-0.3, -0.25) is 0 Å². The molecule has 1 atom stereocenters.